The summed E-state index contributed by atoms with van der Waals surface area (Å²) in [5.74, 6) is -0.675. The van der Waals surface area contributed by atoms with Crippen LogP contribution in [0.4, 0.5) is 9.18 Å². The molecule has 2 amide bonds. The highest BCUT2D eigenvalue weighted by atomic mass is 32.2. The highest BCUT2D eigenvalue weighted by Gasteiger charge is 2.35. The molecule has 2 aromatic carbocycles. The fourth-order valence-corrected chi connectivity index (χ4v) is 4.40. The molecule has 0 aliphatic carbocycles. The third-order valence-electron chi connectivity index (χ3n) is 5.18. The smallest absolute Gasteiger partial charge is 0.293 e. The average molecular weight is 421 g/mol. The van der Waals surface area contributed by atoms with Gasteiger partial charge in [-0.3, -0.25) is 14.5 Å². The van der Waals surface area contributed by atoms with E-state index in [2.05, 4.69) is 28.8 Å². The third-order valence-corrected chi connectivity index (χ3v) is 6.08. The third kappa shape index (κ3) is 3.83. The first-order valence-electron chi connectivity index (χ1n) is 9.59. The van der Waals surface area contributed by atoms with Crippen molar-refractivity contribution >= 4 is 29.0 Å². The van der Waals surface area contributed by atoms with Gasteiger partial charge in [0.25, 0.3) is 11.1 Å². The number of benzene rings is 2. The number of rotatable bonds is 4. The number of hydrogen-bond acceptors (Lipinski definition) is 3. The molecule has 3 aromatic rings. The fourth-order valence-electron chi connectivity index (χ4n) is 3.57. The first-order valence-corrected chi connectivity index (χ1v) is 10.4. The van der Waals surface area contributed by atoms with Crippen molar-refractivity contribution in [2.24, 2.45) is 0 Å². The number of hydrogen-bond donors (Lipinski definition) is 0. The van der Waals surface area contributed by atoms with Crippen molar-refractivity contribution in [1.29, 1.82) is 0 Å². The molecule has 0 unspecified atom stereocenters. The van der Waals surface area contributed by atoms with Crippen LogP contribution in [-0.2, 0) is 11.3 Å². The van der Waals surface area contributed by atoms with E-state index in [-0.39, 0.29) is 23.5 Å². The van der Waals surface area contributed by atoms with Crippen LogP contribution in [0.3, 0.4) is 0 Å². The van der Waals surface area contributed by atoms with Crippen LogP contribution in [0.15, 0.2) is 59.5 Å². The number of imide groups is 1. The summed E-state index contributed by atoms with van der Waals surface area (Å²) in [5, 5.41) is -0.317. The Hall–Kier alpha value is -3.12. The molecule has 0 saturated carbocycles. The Bertz CT molecular complexity index is 1160. The van der Waals surface area contributed by atoms with Crippen LogP contribution < -0.4 is 0 Å². The van der Waals surface area contributed by atoms with E-state index < -0.39 is 0 Å². The van der Waals surface area contributed by atoms with E-state index in [1.165, 1.54) is 22.6 Å². The maximum atomic E-state index is 13.1. The molecule has 1 aliphatic rings. The van der Waals surface area contributed by atoms with Gasteiger partial charge < -0.3 is 4.57 Å². The molecular formula is C24H21FN2O2S. The minimum absolute atomic E-state index is 0.130. The van der Waals surface area contributed by atoms with Gasteiger partial charge in [0.05, 0.1) is 11.4 Å². The van der Waals surface area contributed by atoms with Gasteiger partial charge in [-0.1, -0.05) is 29.8 Å². The molecule has 0 bridgehead atoms. The Balaban J connectivity index is 1.61. The van der Waals surface area contributed by atoms with Crippen LogP contribution in [0, 0.1) is 26.6 Å². The van der Waals surface area contributed by atoms with Crippen molar-refractivity contribution in [2.75, 3.05) is 0 Å². The summed E-state index contributed by atoms with van der Waals surface area (Å²) in [6, 6.07) is 16.1. The molecule has 2 heterocycles. The van der Waals surface area contributed by atoms with Crippen molar-refractivity contribution in [3.8, 4) is 5.69 Å². The van der Waals surface area contributed by atoms with Crippen LogP contribution >= 0.6 is 11.8 Å². The number of carbonyl (C=O) groups excluding carboxylic acids is 2. The average Bonchev–Trinajstić information content (AvgIpc) is 3.14. The van der Waals surface area contributed by atoms with E-state index in [0.29, 0.717) is 10.5 Å². The molecule has 1 saturated heterocycles. The standard InChI is InChI=1S/C24H21FN2O2S/c1-15-4-10-21(11-5-15)27-16(2)12-19(17(27)3)13-22-23(28)26(24(29)30-22)14-18-6-8-20(25)9-7-18/h4-13H,14H2,1-3H3/b22-13-. The summed E-state index contributed by atoms with van der Waals surface area (Å²) in [6.07, 6.45) is 1.78. The predicted molar refractivity (Wildman–Crippen MR) is 118 cm³/mol. The van der Waals surface area contributed by atoms with Gasteiger partial charge in [-0.2, -0.15) is 0 Å². The molecule has 1 fully saturated rings. The number of thioether (sulfide) groups is 1. The minimum atomic E-state index is -0.350. The Labute approximate surface area is 179 Å². The second kappa shape index (κ2) is 7.95. The summed E-state index contributed by atoms with van der Waals surface area (Å²) in [4.78, 5) is 26.8. The zero-order valence-corrected chi connectivity index (χ0v) is 17.8. The topological polar surface area (TPSA) is 42.3 Å². The highest BCUT2D eigenvalue weighted by molar-refractivity contribution is 8.18. The second-order valence-electron chi connectivity index (χ2n) is 7.39. The normalized spacial score (nSPS) is 15.5. The van der Waals surface area contributed by atoms with Gasteiger partial charge in [0, 0.05) is 17.1 Å². The quantitative estimate of drug-likeness (QED) is 0.503. The summed E-state index contributed by atoms with van der Waals surface area (Å²) < 4.78 is 15.2. The van der Waals surface area contributed by atoms with Gasteiger partial charge in [0.1, 0.15) is 5.82 Å². The number of aromatic nitrogens is 1. The molecule has 30 heavy (non-hydrogen) atoms. The summed E-state index contributed by atoms with van der Waals surface area (Å²) in [5.41, 5.74) is 5.91. The molecule has 0 radical (unpaired) electrons. The van der Waals surface area contributed by atoms with E-state index in [1.54, 1.807) is 18.2 Å². The number of nitrogens with zero attached hydrogens (tertiary/aromatic N) is 2. The maximum Gasteiger partial charge on any atom is 0.293 e. The van der Waals surface area contributed by atoms with Gasteiger partial charge in [0.15, 0.2) is 0 Å². The highest BCUT2D eigenvalue weighted by Crippen LogP contribution is 2.34. The van der Waals surface area contributed by atoms with Crippen molar-refractivity contribution < 1.29 is 14.0 Å². The summed E-state index contributed by atoms with van der Waals surface area (Å²) in [6.45, 7) is 6.20. The fraction of sp³-hybridized carbons (Fsp3) is 0.167. The van der Waals surface area contributed by atoms with E-state index in [4.69, 9.17) is 0 Å². The Morgan fingerprint density at radius 2 is 1.63 bits per heavy atom. The first-order chi connectivity index (χ1) is 14.3. The molecule has 0 spiro atoms. The largest absolute Gasteiger partial charge is 0.318 e. The summed E-state index contributed by atoms with van der Waals surface area (Å²) in [7, 11) is 0. The van der Waals surface area contributed by atoms with E-state index in [0.717, 1.165) is 34.4 Å². The first kappa shape index (κ1) is 20.2. The molecule has 0 atom stereocenters. The number of halogens is 1. The molecule has 4 rings (SSSR count). The Morgan fingerprint density at radius 1 is 0.967 bits per heavy atom. The molecule has 4 nitrogen and oxygen atoms in total. The van der Waals surface area contributed by atoms with E-state index in [9.17, 15) is 14.0 Å². The lowest BCUT2D eigenvalue weighted by molar-refractivity contribution is -0.123. The number of aryl methyl sites for hydroxylation is 2. The van der Waals surface area contributed by atoms with Crippen LogP contribution in [-0.4, -0.2) is 20.6 Å². The molecule has 1 aromatic heterocycles. The van der Waals surface area contributed by atoms with E-state index >= 15 is 0 Å². The molecule has 152 valence electrons. The number of carbonyl (C=O) groups is 2. The van der Waals surface area contributed by atoms with Gasteiger partial charge in [-0.15, -0.1) is 0 Å². The van der Waals surface area contributed by atoms with Gasteiger partial charge in [-0.05, 0) is 80.1 Å². The van der Waals surface area contributed by atoms with Crippen LogP contribution in [0.25, 0.3) is 11.8 Å². The summed E-state index contributed by atoms with van der Waals surface area (Å²) >= 11 is 0.936. The minimum Gasteiger partial charge on any atom is -0.318 e. The predicted octanol–water partition coefficient (Wildman–Crippen LogP) is 5.78. The lowest BCUT2D eigenvalue weighted by Gasteiger charge is -2.12. The number of amides is 2. The van der Waals surface area contributed by atoms with Crippen LogP contribution in [0.1, 0.15) is 28.1 Å². The van der Waals surface area contributed by atoms with Crippen molar-refractivity contribution in [3.05, 3.63) is 93.4 Å². The molecule has 6 heteroatoms. The van der Waals surface area contributed by atoms with Gasteiger partial charge >= 0.3 is 0 Å². The van der Waals surface area contributed by atoms with Gasteiger partial charge in [-0.25, -0.2) is 4.39 Å². The zero-order valence-electron chi connectivity index (χ0n) is 17.0. The molecular weight excluding hydrogens is 399 g/mol. The van der Waals surface area contributed by atoms with Crippen molar-refractivity contribution in [3.63, 3.8) is 0 Å². The van der Waals surface area contributed by atoms with E-state index in [1.807, 2.05) is 26.8 Å². The molecule has 1 aliphatic heterocycles. The Kier molecular flexibility index (Phi) is 5.35. The zero-order chi connectivity index (χ0) is 21.4. The maximum absolute atomic E-state index is 13.1. The molecule has 0 N–H and O–H groups in total. The van der Waals surface area contributed by atoms with Gasteiger partial charge in [0.2, 0.25) is 0 Å². The SMILES string of the molecule is Cc1ccc(-n2c(C)cc(/C=C3\SC(=O)N(Cc4ccc(F)cc4)C3=O)c2C)cc1. The monoisotopic (exact) mass is 420 g/mol. The second-order valence-corrected chi connectivity index (χ2v) is 8.38. The lowest BCUT2D eigenvalue weighted by atomic mass is 10.2. The van der Waals surface area contributed by atoms with Crippen LogP contribution in [0.5, 0.6) is 0 Å². The van der Waals surface area contributed by atoms with Crippen molar-refractivity contribution in [1.82, 2.24) is 9.47 Å². The van der Waals surface area contributed by atoms with Crippen molar-refractivity contribution in [2.45, 2.75) is 27.3 Å². The lowest BCUT2D eigenvalue weighted by Crippen LogP contribution is -2.27. The van der Waals surface area contributed by atoms with Crippen LogP contribution in [0.2, 0.25) is 0 Å². The Morgan fingerprint density at radius 3 is 2.30 bits per heavy atom.